The van der Waals surface area contributed by atoms with Crippen LogP contribution in [0.15, 0.2) is 36.4 Å². The Morgan fingerprint density at radius 1 is 1.19 bits per heavy atom. The van der Waals surface area contributed by atoms with Crippen molar-refractivity contribution >= 4 is 22.7 Å². The van der Waals surface area contributed by atoms with E-state index in [1.807, 2.05) is 40.1 Å². The van der Waals surface area contributed by atoms with Gasteiger partial charge in [-0.15, -0.1) is 0 Å². The van der Waals surface area contributed by atoms with Crippen LogP contribution in [0.4, 0.5) is 0 Å². The normalized spacial score (nSPS) is 24.9. The minimum Gasteiger partial charge on any atom is -0.384 e. The van der Waals surface area contributed by atoms with Crippen LogP contribution in [-0.4, -0.2) is 66.5 Å². The van der Waals surface area contributed by atoms with Crippen LogP contribution in [0.3, 0.4) is 0 Å². The van der Waals surface area contributed by atoms with E-state index in [0.29, 0.717) is 31.9 Å². The summed E-state index contributed by atoms with van der Waals surface area (Å²) in [4.78, 5) is 33.3. The smallest absolute Gasteiger partial charge is 0.272 e. The summed E-state index contributed by atoms with van der Waals surface area (Å²) in [7, 11) is 1.71. The Labute approximate surface area is 159 Å². The average Bonchev–Trinajstić information content (AvgIpc) is 3.06. The summed E-state index contributed by atoms with van der Waals surface area (Å²) in [5.41, 5.74) is 1.26. The molecule has 2 fully saturated rings. The number of likely N-dealkylation sites (tertiary alicyclic amines) is 2. The molecule has 2 atom stereocenters. The van der Waals surface area contributed by atoms with E-state index < -0.39 is 0 Å². The lowest BCUT2D eigenvalue weighted by Crippen LogP contribution is -2.51. The molecule has 0 spiro atoms. The molecule has 2 aromatic rings. The maximum atomic E-state index is 13.1. The summed E-state index contributed by atoms with van der Waals surface area (Å²) in [6.07, 6.45) is 0.842. The summed E-state index contributed by atoms with van der Waals surface area (Å²) in [6, 6.07) is 11.6. The SMILES string of the molecule is COCC12CCN(C(=O)c3ccc4ccccc4n3)CC1CN(C(C)=O)C2. The molecule has 27 heavy (non-hydrogen) atoms. The molecule has 4 rings (SSSR count). The van der Waals surface area contributed by atoms with Crippen molar-refractivity contribution in [2.24, 2.45) is 11.3 Å². The molecule has 2 amide bonds. The molecule has 6 heteroatoms. The summed E-state index contributed by atoms with van der Waals surface area (Å²) in [6.45, 7) is 4.95. The third kappa shape index (κ3) is 3.18. The first-order valence-electron chi connectivity index (χ1n) is 9.42. The second-order valence-corrected chi connectivity index (χ2v) is 7.78. The molecule has 0 N–H and O–H groups in total. The Morgan fingerprint density at radius 2 is 1.96 bits per heavy atom. The predicted molar refractivity (Wildman–Crippen MR) is 102 cm³/mol. The number of carbonyl (C=O) groups excluding carboxylic acids is 2. The van der Waals surface area contributed by atoms with Gasteiger partial charge >= 0.3 is 0 Å². The van der Waals surface area contributed by atoms with Gasteiger partial charge in [-0.05, 0) is 18.6 Å². The number of pyridine rings is 1. The summed E-state index contributed by atoms with van der Waals surface area (Å²) < 4.78 is 5.49. The number of hydrogen-bond acceptors (Lipinski definition) is 4. The predicted octanol–water partition coefficient (Wildman–Crippen LogP) is 2.19. The number of piperidine rings is 1. The van der Waals surface area contributed by atoms with Crippen LogP contribution in [0.25, 0.3) is 10.9 Å². The van der Waals surface area contributed by atoms with Crippen LogP contribution < -0.4 is 0 Å². The van der Waals surface area contributed by atoms with E-state index in [9.17, 15) is 9.59 Å². The number of fused-ring (bicyclic) bond motifs is 2. The van der Waals surface area contributed by atoms with Crippen LogP contribution in [0, 0.1) is 11.3 Å². The number of ether oxygens (including phenoxy) is 1. The highest BCUT2D eigenvalue weighted by Gasteiger charge is 2.50. The molecule has 1 aromatic heterocycles. The van der Waals surface area contributed by atoms with Crippen LogP contribution in [0.5, 0.6) is 0 Å². The minimum absolute atomic E-state index is 0.0342. The lowest BCUT2D eigenvalue weighted by Gasteiger charge is -2.42. The van der Waals surface area contributed by atoms with Crippen molar-refractivity contribution in [2.75, 3.05) is 39.9 Å². The first-order chi connectivity index (χ1) is 13.0. The first-order valence-corrected chi connectivity index (χ1v) is 9.42. The molecule has 2 aliphatic heterocycles. The fraction of sp³-hybridized carbons (Fsp3) is 0.476. The maximum absolute atomic E-state index is 13.1. The third-order valence-electron chi connectivity index (χ3n) is 6.11. The van der Waals surface area contributed by atoms with Gasteiger partial charge in [-0.3, -0.25) is 9.59 Å². The van der Waals surface area contributed by atoms with Crippen molar-refractivity contribution in [3.8, 4) is 0 Å². The monoisotopic (exact) mass is 367 g/mol. The number of nitrogens with zero attached hydrogens (tertiary/aromatic N) is 3. The molecule has 142 valence electrons. The van der Waals surface area contributed by atoms with Gasteiger partial charge in [-0.1, -0.05) is 24.3 Å². The highest BCUT2D eigenvalue weighted by Crippen LogP contribution is 2.43. The summed E-state index contributed by atoms with van der Waals surface area (Å²) in [5.74, 6) is 0.293. The summed E-state index contributed by atoms with van der Waals surface area (Å²) >= 11 is 0. The van der Waals surface area contributed by atoms with E-state index in [0.717, 1.165) is 23.9 Å². The van der Waals surface area contributed by atoms with E-state index in [2.05, 4.69) is 4.98 Å². The van der Waals surface area contributed by atoms with Gasteiger partial charge in [0.15, 0.2) is 0 Å². The molecule has 6 nitrogen and oxygen atoms in total. The number of aromatic nitrogens is 1. The van der Waals surface area contributed by atoms with Gasteiger partial charge in [0, 0.05) is 56.9 Å². The van der Waals surface area contributed by atoms with E-state index >= 15 is 0 Å². The second-order valence-electron chi connectivity index (χ2n) is 7.78. The molecular weight excluding hydrogens is 342 g/mol. The van der Waals surface area contributed by atoms with Crippen molar-refractivity contribution in [3.05, 3.63) is 42.1 Å². The molecule has 0 aliphatic carbocycles. The maximum Gasteiger partial charge on any atom is 0.272 e. The molecule has 1 aromatic carbocycles. The van der Waals surface area contributed by atoms with Crippen molar-refractivity contribution in [3.63, 3.8) is 0 Å². The zero-order valence-corrected chi connectivity index (χ0v) is 15.9. The quantitative estimate of drug-likeness (QED) is 0.834. The Bertz CT molecular complexity index is 884. The van der Waals surface area contributed by atoms with Crippen LogP contribution in [0.2, 0.25) is 0 Å². The van der Waals surface area contributed by atoms with Gasteiger partial charge in [0.2, 0.25) is 5.91 Å². The molecule has 3 heterocycles. The lowest BCUT2D eigenvalue weighted by atomic mass is 9.73. The molecule has 2 saturated heterocycles. The standard InChI is InChI=1S/C21H25N3O3/c1-15(25)24-12-17-11-23(10-9-21(17,13-24)14-27-2)20(26)19-8-7-16-5-3-4-6-18(16)22-19/h3-8,17H,9-14H2,1-2H3. The number of hydrogen-bond donors (Lipinski definition) is 0. The van der Waals surface area contributed by atoms with Gasteiger partial charge < -0.3 is 14.5 Å². The van der Waals surface area contributed by atoms with E-state index in [1.165, 1.54) is 0 Å². The Kier molecular flexibility index (Phi) is 4.60. The van der Waals surface area contributed by atoms with Gasteiger partial charge in [0.05, 0.1) is 12.1 Å². The van der Waals surface area contributed by atoms with Crippen molar-refractivity contribution in [2.45, 2.75) is 13.3 Å². The average molecular weight is 367 g/mol. The van der Waals surface area contributed by atoms with Gasteiger partial charge in [-0.25, -0.2) is 4.98 Å². The first kappa shape index (κ1) is 17.9. The second kappa shape index (κ2) is 6.93. The highest BCUT2D eigenvalue weighted by molar-refractivity contribution is 5.95. The van der Waals surface area contributed by atoms with Crippen LogP contribution in [-0.2, 0) is 9.53 Å². The molecule has 0 radical (unpaired) electrons. The van der Waals surface area contributed by atoms with Crippen LogP contribution in [0.1, 0.15) is 23.8 Å². The molecule has 2 unspecified atom stereocenters. The fourth-order valence-electron chi connectivity index (χ4n) is 4.58. The molecular formula is C21H25N3O3. The summed E-state index contributed by atoms with van der Waals surface area (Å²) in [5, 5.41) is 1.03. The van der Waals surface area contributed by atoms with E-state index in [4.69, 9.17) is 4.74 Å². The van der Waals surface area contributed by atoms with Crippen LogP contribution >= 0.6 is 0 Å². The largest absolute Gasteiger partial charge is 0.384 e. The number of methoxy groups -OCH3 is 1. The van der Waals surface area contributed by atoms with Crippen molar-refractivity contribution < 1.29 is 14.3 Å². The number of para-hydroxylation sites is 1. The van der Waals surface area contributed by atoms with Gasteiger partial charge in [0.25, 0.3) is 5.91 Å². The molecule has 0 bridgehead atoms. The van der Waals surface area contributed by atoms with Gasteiger partial charge in [0.1, 0.15) is 5.69 Å². The Balaban J connectivity index is 1.55. The Hall–Kier alpha value is -2.47. The zero-order valence-electron chi connectivity index (χ0n) is 15.9. The lowest BCUT2D eigenvalue weighted by molar-refractivity contribution is -0.128. The molecule has 2 aliphatic rings. The number of benzene rings is 1. The third-order valence-corrected chi connectivity index (χ3v) is 6.11. The number of rotatable bonds is 3. The Morgan fingerprint density at radius 3 is 2.74 bits per heavy atom. The topological polar surface area (TPSA) is 62.7 Å². The van der Waals surface area contributed by atoms with E-state index in [-0.39, 0.29) is 23.1 Å². The highest BCUT2D eigenvalue weighted by atomic mass is 16.5. The van der Waals surface area contributed by atoms with Gasteiger partial charge in [-0.2, -0.15) is 0 Å². The zero-order chi connectivity index (χ0) is 19.0. The molecule has 0 saturated carbocycles. The minimum atomic E-state index is -0.0476. The fourth-order valence-corrected chi connectivity index (χ4v) is 4.58. The van der Waals surface area contributed by atoms with E-state index in [1.54, 1.807) is 20.1 Å². The van der Waals surface area contributed by atoms with Crippen molar-refractivity contribution in [1.29, 1.82) is 0 Å². The number of amides is 2. The number of carbonyl (C=O) groups is 2. The van der Waals surface area contributed by atoms with Crippen molar-refractivity contribution in [1.82, 2.24) is 14.8 Å².